The van der Waals surface area contributed by atoms with Gasteiger partial charge in [0.05, 0.1) is 28.8 Å². The number of methoxy groups -OCH3 is 1. The Morgan fingerprint density at radius 2 is 1.80 bits per heavy atom. The second-order valence-corrected chi connectivity index (χ2v) is 18.4. The number of benzene rings is 4. The first-order valence-electron chi connectivity index (χ1n) is 21.5. The van der Waals surface area contributed by atoms with Crippen LogP contribution in [0.5, 0.6) is 28.9 Å². The third kappa shape index (κ3) is 9.34. The van der Waals surface area contributed by atoms with Crippen LogP contribution < -0.4 is 23.7 Å². The molecular formula is C50H48ClFN6O7S. The number of ether oxygens (including phenoxy) is 5. The Hall–Kier alpha value is -6.39. The Balaban J connectivity index is 1.14. The lowest BCUT2D eigenvalue weighted by Crippen LogP contribution is -2.59. The normalized spacial score (nSPS) is 17.6. The fourth-order valence-electron chi connectivity index (χ4n) is 8.40. The molecule has 0 spiro atoms. The Kier molecular flexibility index (Phi) is 12.8. The van der Waals surface area contributed by atoms with E-state index in [1.807, 2.05) is 43.3 Å². The number of carboxylic acids is 1. The van der Waals surface area contributed by atoms with E-state index < -0.39 is 18.2 Å². The zero-order valence-electron chi connectivity index (χ0n) is 37.1. The molecule has 4 bridgehead atoms. The lowest BCUT2D eigenvalue weighted by molar-refractivity contribution is -0.145. The number of para-hydroxylation sites is 1. The summed E-state index contributed by atoms with van der Waals surface area (Å²) in [5.74, 6) is 0.914. The number of aromatic nitrogens is 4. The van der Waals surface area contributed by atoms with E-state index in [1.54, 1.807) is 49.7 Å². The van der Waals surface area contributed by atoms with E-state index in [1.165, 1.54) is 29.8 Å². The SMILES string of the molecule is COc1ccccc1-c1nccc(COc2ccc3cc2C[C@H](C(=O)O)Oc2ncnc4sc(-c5ccc(F)cc5)c(c24)-c2ccc(c(Cl)c2C)OC(CN2CCN(C)C(C)(C)C2)CO3)n1. The van der Waals surface area contributed by atoms with Crippen molar-refractivity contribution in [1.29, 1.82) is 0 Å². The smallest absolute Gasteiger partial charge is 0.345 e. The molecule has 66 heavy (non-hydrogen) atoms. The molecule has 0 aliphatic carbocycles. The molecule has 0 radical (unpaired) electrons. The highest BCUT2D eigenvalue weighted by Crippen LogP contribution is 2.50. The predicted molar refractivity (Wildman–Crippen MR) is 252 cm³/mol. The summed E-state index contributed by atoms with van der Waals surface area (Å²) in [7, 11) is 3.73. The fourth-order valence-corrected chi connectivity index (χ4v) is 9.77. The number of halogens is 2. The van der Waals surface area contributed by atoms with Crippen molar-refractivity contribution in [2.75, 3.05) is 46.9 Å². The third-order valence-electron chi connectivity index (χ3n) is 12.2. The number of carbonyl (C=O) groups is 1. The molecule has 0 saturated carbocycles. The molecule has 3 aromatic heterocycles. The predicted octanol–water partition coefficient (Wildman–Crippen LogP) is 9.41. The van der Waals surface area contributed by atoms with Crippen LogP contribution >= 0.6 is 22.9 Å². The van der Waals surface area contributed by atoms with Crippen molar-refractivity contribution in [2.24, 2.45) is 0 Å². The maximum atomic E-state index is 14.3. The van der Waals surface area contributed by atoms with Crippen LogP contribution in [-0.4, -0.2) is 106 Å². The van der Waals surface area contributed by atoms with Gasteiger partial charge in [-0.1, -0.05) is 41.9 Å². The van der Waals surface area contributed by atoms with Crippen LogP contribution in [0.3, 0.4) is 0 Å². The summed E-state index contributed by atoms with van der Waals surface area (Å²) in [6.07, 6.45) is 0.950. The molecule has 0 amide bonds. The van der Waals surface area contributed by atoms with Crippen molar-refractivity contribution in [1.82, 2.24) is 29.7 Å². The summed E-state index contributed by atoms with van der Waals surface area (Å²) in [5, 5.41) is 11.7. The van der Waals surface area contributed by atoms with Crippen LogP contribution in [0.15, 0.2) is 97.5 Å². The van der Waals surface area contributed by atoms with Gasteiger partial charge in [0.25, 0.3) is 0 Å². The molecular weight excluding hydrogens is 883 g/mol. The van der Waals surface area contributed by atoms with Gasteiger partial charge in [0.15, 0.2) is 5.82 Å². The van der Waals surface area contributed by atoms with E-state index in [2.05, 4.69) is 45.6 Å². The van der Waals surface area contributed by atoms with Crippen molar-refractivity contribution in [3.63, 3.8) is 0 Å². The monoisotopic (exact) mass is 930 g/mol. The molecule has 6 heterocycles. The quantitative estimate of drug-likeness (QED) is 0.147. The number of carboxylic acid groups (broad SMARTS) is 1. The van der Waals surface area contributed by atoms with Gasteiger partial charge in [0.2, 0.25) is 12.0 Å². The maximum Gasteiger partial charge on any atom is 0.345 e. The van der Waals surface area contributed by atoms with Crippen LogP contribution in [0.2, 0.25) is 5.02 Å². The van der Waals surface area contributed by atoms with Gasteiger partial charge < -0.3 is 28.8 Å². The number of hydrogen-bond acceptors (Lipinski definition) is 13. The summed E-state index contributed by atoms with van der Waals surface area (Å²) in [6.45, 7) is 9.65. The molecule has 3 aliphatic heterocycles. The van der Waals surface area contributed by atoms with Gasteiger partial charge >= 0.3 is 5.97 Å². The first-order valence-corrected chi connectivity index (χ1v) is 22.7. The number of nitrogens with zero attached hydrogens (tertiary/aromatic N) is 6. The second kappa shape index (κ2) is 18.8. The summed E-state index contributed by atoms with van der Waals surface area (Å²) in [5.41, 5.74) is 4.59. The average Bonchev–Trinajstić information content (AvgIpc) is 3.70. The van der Waals surface area contributed by atoms with E-state index in [-0.39, 0.29) is 36.9 Å². The minimum absolute atomic E-state index is 0.0437. The molecule has 340 valence electrons. The largest absolute Gasteiger partial charge is 0.496 e. The number of rotatable bonds is 9. The minimum atomic E-state index is -1.45. The molecule has 3 aliphatic rings. The van der Waals surface area contributed by atoms with Crippen LogP contribution in [0.4, 0.5) is 4.39 Å². The van der Waals surface area contributed by atoms with Gasteiger partial charge in [-0.25, -0.2) is 29.1 Å². The highest BCUT2D eigenvalue weighted by atomic mass is 35.5. The van der Waals surface area contributed by atoms with Crippen LogP contribution in [0.1, 0.15) is 30.7 Å². The lowest BCUT2D eigenvalue weighted by Gasteiger charge is -2.46. The molecule has 1 unspecified atom stereocenters. The van der Waals surface area contributed by atoms with E-state index >= 15 is 0 Å². The zero-order valence-corrected chi connectivity index (χ0v) is 38.7. The Bertz CT molecular complexity index is 2920. The van der Waals surface area contributed by atoms with Crippen molar-refractivity contribution in [3.05, 3.63) is 125 Å². The molecule has 4 aromatic carbocycles. The Morgan fingerprint density at radius 3 is 2.59 bits per heavy atom. The standard InChI is InChI=1S/C50H48ClFN6O7S/c1-29-36-15-17-40(44(29)51)64-35(24-58-21-20-57(4)50(2,3)27-58)26-62-34-14-16-38(63-25-33-18-19-53-46(56-33)37-8-6-7-9-39(37)61-5)31(22-34)23-41(49(59)60)65-47-43-42(36)45(66-48(43)55-28-54-47)30-10-12-32(52)13-11-30/h6-19,22,28,35,41H,20-21,23-27H2,1-5H3,(H,59,60)/t35?,41-/m1/s1. The number of piperazine rings is 1. The van der Waals surface area contributed by atoms with Crippen LogP contribution in [0.25, 0.3) is 43.2 Å². The zero-order chi connectivity index (χ0) is 46.1. The average molecular weight is 931 g/mol. The molecule has 1 N–H and O–H groups in total. The summed E-state index contributed by atoms with van der Waals surface area (Å²) in [4.78, 5) is 37.7. The van der Waals surface area contributed by atoms with Crippen LogP contribution in [0, 0.1) is 12.7 Å². The van der Waals surface area contributed by atoms with Gasteiger partial charge in [-0.3, -0.25) is 9.80 Å². The van der Waals surface area contributed by atoms with Gasteiger partial charge in [0.1, 0.15) is 59.3 Å². The molecule has 1 saturated heterocycles. The summed E-state index contributed by atoms with van der Waals surface area (Å²) < 4.78 is 46.1. The Labute approximate surface area is 390 Å². The minimum Gasteiger partial charge on any atom is -0.496 e. The van der Waals surface area contributed by atoms with Gasteiger partial charge in [-0.05, 0) is 99.1 Å². The van der Waals surface area contributed by atoms with E-state index in [4.69, 9.17) is 40.3 Å². The molecule has 2 atom stereocenters. The first kappa shape index (κ1) is 44.8. The molecule has 16 heteroatoms. The van der Waals surface area contributed by atoms with Crippen molar-refractivity contribution < 1.29 is 38.0 Å². The number of thiophene rings is 1. The van der Waals surface area contributed by atoms with Crippen LogP contribution in [-0.2, 0) is 17.8 Å². The maximum absolute atomic E-state index is 14.3. The summed E-state index contributed by atoms with van der Waals surface area (Å²) >= 11 is 8.63. The number of hydrogen-bond donors (Lipinski definition) is 1. The van der Waals surface area contributed by atoms with Crippen molar-refractivity contribution in [3.8, 4) is 61.8 Å². The third-order valence-corrected chi connectivity index (χ3v) is 13.8. The molecule has 1 fully saturated rings. The Morgan fingerprint density at radius 1 is 0.985 bits per heavy atom. The second-order valence-electron chi connectivity index (χ2n) is 17.0. The highest BCUT2D eigenvalue weighted by molar-refractivity contribution is 7.22. The van der Waals surface area contributed by atoms with Crippen molar-refractivity contribution >= 4 is 39.1 Å². The number of fused-ring (bicyclic) bond motifs is 7. The van der Waals surface area contributed by atoms with E-state index in [0.717, 1.165) is 41.2 Å². The van der Waals surface area contributed by atoms with Gasteiger partial charge in [-0.2, -0.15) is 0 Å². The summed E-state index contributed by atoms with van der Waals surface area (Å²) in [6, 6.07) is 24.5. The molecule has 10 rings (SSSR count). The first-order chi connectivity index (χ1) is 31.8. The number of aliphatic carboxylic acids is 1. The highest BCUT2D eigenvalue weighted by Gasteiger charge is 2.34. The van der Waals surface area contributed by atoms with Crippen molar-refractivity contribution in [2.45, 2.75) is 51.5 Å². The van der Waals surface area contributed by atoms with E-state index in [9.17, 15) is 14.3 Å². The van der Waals surface area contributed by atoms with Gasteiger partial charge in [-0.15, -0.1) is 11.3 Å². The van der Waals surface area contributed by atoms with E-state index in [0.29, 0.717) is 73.0 Å². The topological polar surface area (TPSA) is 141 Å². The molecule has 7 aromatic rings. The lowest BCUT2D eigenvalue weighted by atomic mass is 9.96. The molecule has 13 nitrogen and oxygen atoms in total. The fraction of sp³-hybridized carbons (Fsp3) is 0.300. The van der Waals surface area contributed by atoms with Gasteiger partial charge in [0, 0.05) is 60.3 Å². The number of likely N-dealkylation sites (N-methyl/N-ethyl adjacent to an activating group) is 1.